The van der Waals surface area contributed by atoms with E-state index in [9.17, 15) is 9.36 Å². The SMILES string of the molecule is CCCCCCCC/C=C\CCCCCCCC(=O)N1CC[C@H](O[P+](=O)S)C1. The molecule has 1 fully saturated rings. The number of likely N-dealkylation sites (tertiary alicyclic amines) is 1. The van der Waals surface area contributed by atoms with Crippen LogP contribution in [0.1, 0.15) is 103 Å². The van der Waals surface area contributed by atoms with E-state index >= 15 is 0 Å². The maximum atomic E-state index is 12.2. The summed E-state index contributed by atoms with van der Waals surface area (Å²) in [6, 6.07) is 0. The molecule has 1 aliphatic rings. The van der Waals surface area contributed by atoms with Gasteiger partial charge in [-0.1, -0.05) is 70.4 Å². The van der Waals surface area contributed by atoms with Gasteiger partial charge in [-0.2, -0.15) is 0 Å². The van der Waals surface area contributed by atoms with E-state index in [1.165, 1.54) is 70.6 Å². The number of hydrogen-bond acceptors (Lipinski definition) is 3. The first-order valence-corrected chi connectivity index (χ1v) is 13.7. The van der Waals surface area contributed by atoms with Crippen molar-refractivity contribution in [3.8, 4) is 0 Å². The van der Waals surface area contributed by atoms with Crippen LogP contribution in [0.4, 0.5) is 0 Å². The van der Waals surface area contributed by atoms with Crippen LogP contribution >= 0.6 is 19.5 Å². The molecule has 162 valence electrons. The second-order valence-electron chi connectivity index (χ2n) is 7.93. The molecule has 0 saturated carbocycles. The van der Waals surface area contributed by atoms with E-state index in [0.717, 1.165) is 19.3 Å². The number of allylic oxidation sites excluding steroid dienone is 2. The van der Waals surface area contributed by atoms with Crippen molar-refractivity contribution in [3.05, 3.63) is 12.2 Å². The van der Waals surface area contributed by atoms with Crippen molar-refractivity contribution in [1.82, 2.24) is 4.90 Å². The molecule has 0 bridgehead atoms. The second-order valence-corrected chi connectivity index (χ2v) is 9.59. The Hall–Kier alpha value is -0.380. The van der Waals surface area contributed by atoms with Gasteiger partial charge in [0.25, 0.3) is 0 Å². The van der Waals surface area contributed by atoms with Gasteiger partial charge < -0.3 is 4.90 Å². The number of rotatable bonds is 17. The zero-order chi connectivity index (χ0) is 20.5. The maximum Gasteiger partial charge on any atom is 0.582 e. The van der Waals surface area contributed by atoms with E-state index in [1.807, 2.05) is 4.90 Å². The van der Waals surface area contributed by atoms with E-state index in [1.54, 1.807) is 0 Å². The predicted molar refractivity (Wildman–Crippen MR) is 122 cm³/mol. The maximum absolute atomic E-state index is 12.2. The van der Waals surface area contributed by atoms with Gasteiger partial charge in [0.1, 0.15) is 18.4 Å². The molecular weight excluding hydrogens is 389 g/mol. The van der Waals surface area contributed by atoms with Crippen molar-refractivity contribution >= 4 is 25.4 Å². The first-order chi connectivity index (χ1) is 13.6. The van der Waals surface area contributed by atoms with Crippen LogP contribution in [0.3, 0.4) is 0 Å². The third-order valence-electron chi connectivity index (χ3n) is 5.39. The van der Waals surface area contributed by atoms with Crippen LogP contribution in [0, 0.1) is 0 Å². The fourth-order valence-electron chi connectivity index (χ4n) is 3.67. The molecule has 0 radical (unpaired) electrons. The van der Waals surface area contributed by atoms with Crippen LogP contribution in [0.15, 0.2) is 12.2 Å². The minimum atomic E-state index is -1.88. The van der Waals surface area contributed by atoms with Gasteiger partial charge in [0.05, 0.1) is 6.54 Å². The molecule has 0 N–H and O–H groups in total. The molecule has 2 atom stereocenters. The number of unbranched alkanes of at least 4 members (excludes halogenated alkanes) is 11. The summed E-state index contributed by atoms with van der Waals surface area (Å²) in [5.41, 5.74) is 0. The molecule has 4 nitrogen and oxygen atoms in total. The Kier molecular flexibility index (Phi) is 16.0. The molecule has 1 unspecified atom stereocenters. The summed E-state index contributed by atoms with van der Waals surface area (Å²) < 4.78 is 16.2. The highest BCUT2D eigenvalue weighted by Crippen LogP contribution is 2.32. The highest BCUT2D eigenvalue weighted by molar-refractivity contribution is 8.39. The average molecular weight is 431 g/mol. The molecule has 0 aromatic carbocycles. The number of hydrogen-bond donors (Lipinski definition) is 1. The molecule has 0 aromatic rings. The molecule has 0 aliphatic carbocycles. The summed E-state index contributed by atoms with van der Waals surface area (Å²) in [6.07, 6.45) is 22.5. The van der Waals surface area contributed by atoms with Crippen molar-refractivity contribution in [2.24, 2.45) is 0 Å². The Balaban J connectivity index is 1.87. The van der Waals surface area contributed by atoms with Crippen LogP contribution in [0.5, 0.6) is 0 Å². The third kappa shape index (κ3) is 13.7. The molecule has 0 spiro atoms. The Morgan fingerprint density at radius 3 is 2.18 bits per heavy atom. The first kappa shape index (κ1) is 25.7. The predicted octanol–water partition coefficient (Wildman–Crippen LogP) is 7.23. The summed E-state index contributed by atoms with van der Waals surface area (Å²) >= 11 is 3.77. The lowest BCUT2D eigenvalue weighted by Crippen LogP contribution is -2.29. The van der Waals surface area contributed by atoms with Crippen LogP contribution in [0.25, 0.3) is 0 Å². The van der Waals surface area contributed by atoms with Gasteiger partial charge in [0.2, 0.25) is 5.91 Å². The monoisotopic (exact) mass is 430 g/mol. The highest BCUT2D eigenvalue weighted by atomic mass is 32.7. The Bertz CT molecular complexity index is 459. The Labute approximate surface area is 178 Å². The van der Waals surface area contributed by atoms with Gasteiger partial charge in [-0.3, -0.25) is 4.79 Å². The highest BCUT2D eigenvalue weighted by Gasteiger charge is 2.31. The molecular formula is C22H41NO3PS+. The quantitative estimate of drug-likeness (QED) is 0.115. The summed E-state index contributed by atoms with van der Waals surface area (Å²) in [5, 5.41) is 0. The molecule has 0 aromatic heterocycles. The standard InChI is InChI=1S/C22H40NO3PS/c1-2-3-4-5-6-7-8-9-10-11-12-13-14-15-16-17-22(24)23-19-18-21(20-23)26-27(25)28/h9-10,21H,2-8,11-20H2,1H3/p+1/b10-9-/t21-/m0/s1. The Morgan fingerprint density at radius 2 is 1.57 bits per heavy atom. The lowest BCUT2D eigenvalue weighted by Gasteiger charge is -2.15. The van der Waals surface area contributed by atoms with Gasteiger partial charge in [-0.25, -0.2) is 0 Å². The molecule has 6 heteroatoms. The number of nitrogens with zero attached hydrogens (tertiary/aromatic N) is 1. The van der Waals surface area contributed by atoms with Gasteiger partial charge in [-0.05, 0) is 43.1 Å². The van der Waals surface area contributed by atoms with Crippen molar-refractivity contribution in [2.45, 2.75) is 109 Å². The lowest BCUT2D eigenvalue weighted by molar-refractivity contribution is -0.130. The zero-order valence-corrected chi connectivity index (χ0v) is 19.6. The number of carbonyl (C=O) groups excluding carboxylic acids is 1. The van der Waals surface area contributed by atoms with Gasteiger partial charge in [0.15, 0.2) is 0 Å². The summed E-state index contributed by atoms with van der Waals surface area (Å²) in [7, 11) is -1.88. The molecule has 28 heavy (non-hydrogen) atoms. The zero-order valence-electron chi connectivity index (χ0n) is 17.8. The van der Waals surface area contributed by atoms with E-state index in [4.69, 9.17) is 4.52 Å². The molecule has 1 amide bonds. The summed E-state index contributed by atoms with van der Waals surface area (Å²) in [6.45, 7) is 3.54. The third-order valence-corrected chi connectivity index (χ3v) is 6.15. The first-order valence-electron chi connectivity index (χ1n) is 11.4. The Morgan fingerprint density at radius 1 is 1.00 bits per heavy atom. The van der Waals surface area contributed by atoms with Crippen molar-refractivity contribution in [1.29, 1.82) is 0 Å². The topological polar surface area (TPSA) is 46.6 Å². The summed E-state index contributed by atoms with van der Waals surface area (Å²) in [5.74, 6) is 0.207. The molecule has 1 aliphatic heterocycles. The van der Waals surface area contributed by atoms with E-state index in [0.29, 0.717) is 19.5 Å². The number of amides is 1. The van der Waals surface area contributed by atoms with Crippen LogP contribution in [-0.4, -0.2) is 30.0 Å². The van der Waals surface area contributed by atoms with Crippen molar-refractivity contribution in [2.75, 3.05) is 13.1 Å². The number of carbonyl (C=O) groups is 1. The fraction of sp³-hybridized carbons (Fsp3) is 0.864. The minimum absolute atomic E-state index is 0.112. The summed E-state index contributed by atoms with van der Waals surface area (Å²) in [4.78, 5) is 14.0. The number of thiol groups is 1. The largest absolute Gasteiger partial charge is 0.582 e. The minimum Gasteiger partial charge on any atom is -0.340 e. The van der Waals surface area contributed by atoms with Crippen LogP contribution in [0.2, 0.25) is 0 Å². The van der Waals surface area contributed by atoms with E-state index in [2.05, 4.69) is 31.3 Å². The van der Waals surface area contributed by atoms with E-state index in [-0.39, 0.29) is 12.0 Å². The molecule has 1 rings (SSSR count). The van der Waals surface area contributed by atoms with Crippen LogP contribution in [-0.2, 0) is 13.9 Å². The smallest absolute Gasteiger partial charge is 0.340 e. The van der Waals surface area contributed by atoms with Crippen molar-refractivity contribution in [3.63, 3.8) is 0 Å². The van der Waals surface area contributed by atoms with E-state index < -0.39 is 7.23 Å². The molecule has 1 saturated heterocycles. The van der Waals surface area contributed by atoms with Gasteiger partial charge in [-0.15, -0.1) is 4.52 Å². The molecule has 1 heterocycles. The average Bonchev–Trinajstić information content (AvgIpc) is 3.12. The lowest BCUT2D eigenvalue weighted by atomic mass is 10.1. The van der Waals surface area contributed by atoms with Gasteiger partial charge >= 0.3 is 7.23 Å². The van der Waals surface area contributed by atoms with Gasteiger partial charge in [0, 0.05) is 13.0 Å². The normalized spacial score (nSPS) is 17.6. The van der Waals surface area contributed by atoms with Crippen LogP contribution < -0.4 is 0 Å². The second kappa shape index (κ2) is 17.5. The fourth-order valence-corrected chi connectivity index (χ4v) is 4.50. The van der Waals surface area contributed by atoms with Crippen molar-refractivity contribution < 1.29 is 13.9 Å².